The van der Waals surface area contributed by atoms with Gasteiger partial charge in [0.25, 0.3) is 0 Å². The molecule has 18 heavy (non-hydrogen) atoms. The summed E-state index contributed by atoms with van der Waals surface area (Å²) < 4.78 is 1.04. The highest BCUT2D eigenvalue weighted by Gasteiger charge is 2.07. The van der Waals surface area contributed by atoms with E-state index in [0.29, 0.717) is 10.8 Å². The SMILES string of the molecule is CCc1cc(Br)ccc1Nc1nc(Cl)ncc1Cl. The van der Waals surface area contributed by atoms with Crippen molar-refractivity contribution in [3.63, 3.8) is 0 Å². The molecule has 3 nitrogen and oxygen atoms in total. The van der Waals surface area contributed by atoms with Gasteiger partial charge in [-0.25, -0.2) is 4.98 Å². The van der Waals surface area contributed by atoms with Crippen LogP contribution in [0.15, 0.2) is 28.9 Å². The van der Waals surface area contributed by atoms with Crippen molar-refractivity contribution in [3.05, 3.63) is 44.7 Å². The zero-order valence-corrected chi connectivity index (χ0v) is 12.6. The Hall–Kier alpha value is -0.840. The maximum Gasteiger partial charge on any atom is 0.224 e. The smallest absolute Gasteiger partial charge is 0.224 e. The van der Waals surface area contributed by atoms with Crippen molar-refractivity contribution in [2.45, 2.75) is 13.3 Å². The molecule has 0 bridgehead atoms. The first-order chi connectivity index (χ1) is 8.60. The summed E-state index contributed by atoms with van der Waals surface area (Å²) in [6, 6.07) is 5.98. The van der Waals surface area contributed by atoms with Crippen molar-refractivity contribution in [1.82, 2.24) is 9.97 Å². The number of hydrogen-bond acceptors (Lipinski definition) is 3. The number of aromatic nitrogens is 2. The Balaban J connectivity index is 2.36. The molecule has 6 heteroatoms. The third kappa shape index (κ3) is 3.13. The van der Waals surface area contributed by atoms with E-state index in [1.165, 1.54) is 6.20 Å². The second-order valence-corrected chi connectivity index (χ2v) is 5.28. The highest BCUT2D eigenvalue weighted by molar-refractivity contribution is 9.10. The van der Waals surface area contributed by atoms with Gasteiger partial charge < -0.3 is 5.32 Å². The predicted molar refractivity (Wildman–Crippen MR) is 78.9 cm³/mol. The standard InChI is InChI=1S/C12H10BrCl2N3/c1-2-7-5-8(13)3-4-10(7)17-11-9(14)6-16-12(15)18-11/h3-6H,2H2,1H3,(H,16,17,18). The van der Waals surface area contributed by atoms with Crippen molar-refractivity contribution in [1.29, 1.82) is 0 Å². The quantitative estimate of drug-likeness (QED) is 0.807. The Morgan fingerprint density at radius 2 is 2.11 bits per heavy atom. The van der Waals surface area contributed by atoms with Crippen LogP contribution in [0.5, 0.6) is 0 Å². The molecule has 1 N–H and O–H groups in total. The van der Waals surface area contributed by atoms with E-state index in [2.05, 4.69) is 44.2 Å². The van der Waals surface area contributed by atoms with Crippen LogP contribution in [0.4, 0.5) is 11.5 Å². The van der Waals surface area contributed by atoms with Crippen LogP contribution in [0.3, 0.4) is 0 Å². The number of hydrogen-bond donors (Lipinski definition) is 1. The Labute approximate surface area is 124 Å². The molecule has 0 fully saturated rings. The molecule has 2 aromatic rings. The normalized spacial score (nSPS) is 10.4. The van der Waals surface area contributed by atoms with E-state index >= 15 is 0 Å². The van der Waals surface area contributed by atoms with Gasteiger partial charge in [0.1, 0.15) is 5.02 Å². The van der Waals surface area contributed by atoms with Crippen molar-refractivity contribution in [2.75, 3.05) is 5.32 Å². The summed E-state index contributed by atoms with van der Waals surface area (Å²) >= 11 is 15.2. The molecule has 0 unspecified atom stereocenters. The molecule has 0 saturated carbocycles. The van der Waals surface area contributed by atoms with E-state index in [-0.39, 0.29) is 5.28 Å². The van der Waals surface area contributed by atoms with Crippen molar-refractivity contribution in [2.24, 2.45) is 0 Å². The number of nitrogens with zero attached hydrogens (tertiary/aromatic N) is 2. The van der Waals surface area contributed by atoms with Crippen LogP contribution in [-0.4, -0.2) is 9.97 Å². The fourth-order valence-electron chi connectivity index (χ4n) is 1.54. The molecule has 0 saturated heterocycles. The lowest BCUT2D eigenvalue weighted by Crippen LogP contribution is -1.99. The highest BCUT2D eigenvalue weighted by Crippen LogP contribution is 2.28. The van der Waals surface area contributed by atoms with Gasteiger partial charge in [-0.05, 0) is 41.8 Å². The van der Waals surface area contributed by atoms with Crippen LogP contribution in [0.25, 0.3) is 0 Å². The van der Waals surface area contributed by atoms with Crippen molar-refractivity contribution in [3.8, 4) is 0 Å². The number of rotatable bonds is 3. The molecule has 0 aliphatic rings. The zero-order valence-electron chi connectivity index (χ0n) is 9.54. The third-order valence-electron chi connectivity index (χ3n) is 2.42. The lowest BCUT2D eigenvalue weighted by Gasteiger charge is -2.11. The van der Waals surface area contributed by atoms with Gasteiger partial charge in [0.2, 0.25) is 5.28 Å². The fraction of sp³-hybridized carbons (Fsp3) is 0.167. The monoisotopic (exact) mass is 345 g/mol. The van der Waals surface area contributed by atoms with Crippen LogP contribution in [0, 0.1) is 0 Å². The van der Waals surface area contributed by atoms with Gasteiger partial charge in [-0.1, -0.05) is 34.5 Å². The molecule has 94 valence electrons. The van der Waals surface area contributed by atoms with E-state index in [1.54, 1.807) is 0 Å². The molecule has 1 heterocycles. The Kier molecular flexibility index (Phi) is 4.43. The molecule has 0 aliphatic heterocycles. The van der Waals surface area contributed by atoms with E-state index < -0.39 is 0 Å². The average Bonchev–Trinajstić information content (AvgIpc) is 2.36. The topological polar surface area (TPSA) is 37.8 Å². The van der Waals surface area contributed by atoms with E-state index in [9.17, 15) is 0 Å². The van der Waals surface area contributed by atoms with Crippen LogP contribution >= 0.6 is 39.1 Å². The molecule has 0 radical (unpaired) electrons. The Morgan fingerprint density at radius 3 is 2.83 bits per heavy atom. The summed E-state index contributed by atoms with van der Waals surface area (Å²) in [5, 5.41) is 3.77. The summed E-state index contributed by atoms with van der Waals surface area (Å²) in [6.07, 6.45) is 2.38. The molecule has 0 spiro atoms. The second-order valence-electron chi connectivity index (χ2n) is 3.62. The minimum absolute atomic E-state index is 0.164. The number of halogens is 3. The highest BCUT2D eigenvalue weighted by atomic mass is 79.9. The fourth-order valence-corrected chi connectivity index (χ4v) is 2.22. The molecule has 2 rings (SSSR count). The lowest BCUT2D eigenvalue weighted by atomic mass is 10.1. The number of anilines is 2. The van der Waals surface area contributed by atoms with Gasteiger partial charge in [-0.15, -0.1) is 0 Å². The molecule has 0 amide bonds. The molecule has 0 atom stereocenters. The first-order valence-electron chi connectivity index (χ1n) is 5.33. The van der Waals surface area contributed by atoms with Gasteiger partial charge in [0.15, 0.2) is 5.82 Å². The van der Waals surface area contributed by atoms with Crippen LogP contribution in [0.2, 0.25) is 10.3 Å². The number of aryl methyl sites for hydroxylation is 1. The second kappa shape index (κ2) is 5.87. The lowest BCUT2D eigenvalue weighted by molar-refractivity contribution is 1.12. The van der Waals surface area contributed by atoms with E-state index in [4.69, 9.17) is 23.2 Å². The summed E-state index contributed by atoms with van der Waals surface area (Å²) in [6.45, 7) is 2.08. The van der Waals surface area contributed by atoms with Gasteiger partial charge in [0, 0.05) is 10.2 Å². The van der Waals surface area contributed by atoms with Crippen LogP contribution in [0.1, 0.15) is 12.5 Å². The van der Waals surface area contributed by atoms with Crippen LogP contribution in [-0.2, 0) is 6.42 Å². The first-order valence-corrected chi connectivity index (χ1v) is 6.88. The van der Waals surface area contributed by atoms with E-state index in [0.717, 1.165) is 22.1 Å². The number of nitrogens with one attached hydrogen (secondary N) is 1. The third-order valence-corrected chi connectivity index (χ3v) is 3.37. The van der Waals surface area contributed by atoms with Crippen LogP contribution < -0.4 is 5.32 Å². The van der Waals surface area contributed by atoms with Gasteiger partial charge in [-0.2, -0.15) is 4.98 Å². The van der Waals surface area contributed by atoms with Crippen molar-refractivity contribution < 1.29 is 0 Å². The zero-order chi connectivity index (χ0) is 13.1. The summed E-state index contributed by atoms with van der Waals surface area (Å²) in [5.74, 6) is 0.508. The maximum atomic E-state index is 6.02. The number of benzene rings is 1. The summed E-state index contributed by atoms with van der Waals surface area (Å²) in [5.41, 5.74) is 2.12. The predicted octanol–water partition coefficient (Wildman–Crippen LogP) is 4.85. The average molecular weight is 347 g/mol. The Morgan fingerprint density at radius 1 is 1.33 bits per heavy atom. The summed E-state index contributed by atoms with van der Waals surface area (Å²) in [7, 11) is 0. The van der Waals surface area contributed by atoms with Gasteiger partial charge >= 0.3 is 0 Å². The minimum atomic E-state index is 0.164. The van der Waals surface area contributed by atoms with E-state index in [1.807, 2.05) is 12.1 Å². The molecular formula is C12H10BrCl2N3. The molecular weight excluding hydrogens is 337 g/mol. The van der Waals surface area contributed by atoms with Gasteiger partial charge in [0.05, 0.1) is 6.20 Å². The Bertz CT molecular complexity index is 575. The van der Waals surface area contributed by atoms with Crippen molar-refractivity contribution >= 4 is 50.6 Å². The minimum Gasteiger partial charge on any atom is -0.339 e. The first kappa shape index (κ1) is 13.6. The molecule has 0 aliphatic carbocycles. The maximum absolute atomic E-state index is 6.02. The van der Waals surface area contributed by atoms with Gasteiger partial charge in [-0.3, -0.25) is 0 Å². The summed E-state index contributed by atoms with van der Waals surface area (Å²) in [4.78, 5) is 7.88. The largest absolute Gasteiger partial charge is 0.339 e. The molecule has 1 aromatic heterocycles. The molecule has 1 aromatic carbocycles.